The monoisotopic (exact) mass is 499 g/mol. The minimum Gasteiger partial charge on any atom is -0.493 e. The normalized spacial score (nSPS) is 20.7. The highest BCUT2D eigenvalue weighted by atomic mass is 35.5. The van der Waals surface area contributed by atoms with Crippen molar-refractivity contribution in [3.05, 3.63) is 47.5 Å². The Labute approximate surface area is 210 Å². The van der Waals surface area contributed by atoms with E-state index in [1.54, 1.807) is 19.2 Å². The maximum atomic E-state index is 14.4. The third-order valence-electron chi connectivity index (χ3n) is 7.15. The highest BCUT2D eigenvalue weighted by Crippen LogP contribution is 2.39. The molecule has 9 heteroatoms. The molecule has 0 saturated carbocycles. The first-order valence-electron chi connectivity index (χ1n) is 12.0. The summed E-state index contributed by atoms with van der Waals surface area (Å²) in [5, 5.41) is 3.78. The molecule has 1 aromatic heterocycles. The van der Waals surface area contributed by atoms with Crippen LogP contribution in [0.15, 0.2) is 36.7 Å². The lowest BCUT2D eigenvalue weighted by Crippen LogP contribution is -2.30. The van der Waals surface area contributed by atoms with E-state index in [0.717, 1.165) is 13.0 Å². The summed E-state index contributed by atoms with van der Waals surface area (Å²) in [7, 11) is 3.83. The number of halogens is 2. The predicted molar refractivity (Wildman–Crippen MR) is 136 cm³/mol. The molecule has 0 radical (unpaired) electrons. The van der Waals surface area contributed by atoms with Crippen LogP contribution in [-0.4, -0.2) is 73.3 Å². The van der Waals surface area contributed by atoms with Gasteiger partial charge in [-0.15, -0.1) is 0 Å². The molecule has 5 rings (SSSR count). The van der Waals surface area contributed by atoms with E-state index in [9.17, 15) is 4.39 Å². The lowest BCUT2D eigenvalue weighted by molar-refractivity contribution is 0.229. The maximum absolute atomic E-state index is 14.4. The van der Waals surface area contributed by atoms with Gasteiger partial charge in [0.15, 0.2) is 17.3 Å². The minimum absolute atomic E-state index is 0.0444. The van der Waals surface area contributed by atoms with Gasteiger partial charge in [-0.3, -0.25) is 0 Å². The molecule has 1 spiro atoms. The molecule has 1 atom stereocenters. The summed E-state index contributed by atoms with van der Waals surface area (Å²) in [6.45, 7) is 6.37. The number of anilines is 2. The van der Waals surface area contributed by atoms with Crippen LogP contribution in [0.3, 0.4) is 0 Å². The van der Waals surface area contributed by atoms with E-state index in [-0.39, 0.29) is 10.7 Å². The number of benzene rings is 2. The van der Waals surface area contributed by atoms with Crippen molar-refractivity contribution >= 4 is 34.0 Å². The largest absolute Gasteiger partial charge is 0.493 e. The van der Waals surface area contributed by atoms with Crippen molar-refractivity contribution in [2.45, 2.75) is 19.3 Å². The Morgan fingerprint density at radius 1 is 1.14 bits per heavy atom. The molecular formula is C26H31ClFN5O2. The van der Waals surface area contributed by atoms with Crippen LogP contribution in [0.1, 0.15) is 19.3 Å². The molecule has 2 saturated heterocycles. The van der Waals surface area contributed by atoms with Crippen LogP contribution in [0.2, 0.25) is 5.02 Å². The number of rotatable bonds is 8. The van der Waals surface area contributed by atoms with Gasteiger partial charge in [-0.1, -0.05) is 17.7 Å². The summed E-state index contributed by atoms with van der Waals surface area (Å²) in [6, 6.07) is 8.46. The van der Waals surface area contributed by atoms with Crippen molar-refractivity contribution < 1.29 is 13.9 Å². The third-order valence-corrected chi connectivity index (χ3v) is 7.44. The molecule has 2 aliphatic heterocycles. The second-order valence-corrected chi connectivity index (χ2v) is 10.1. The molecule has 2 fully saturated rings. The zero-order chi connectivity index (χ0) is 24.4. The quantitative estimate of drug-likeness (QED) is 0.439. The highest BCUT2D eigenvalue weighted by molar-refractivity contribution is 6.31. The predicted octanol–water partition coefficient (Wildman–Crippen LogP) is 4.97. The van der Waals surface area contributed by atoms with Crippen LogP contribution < -0.4 is 14.8 Å². The second kappa shape index (κ2) is 10.1. The van der Waals surface area contributed by atoms with Crippen molar-refractivity contribution in [1.29, 1.82) is 0 Å². The van der Waals surface area contributed by atoms with Gasteiger partial charge in [0.1, 0.15) is 12.1 Å². The standard InChI is InChI=1S/C26H31ClFN5O2/c1-32-10-7-26(15-32)8-11-33(16-26)9-4-12-35-23-13-18-21(14-22(23)34-2)29-17-30-25(18)31-20-6-3-5-19(27)24(20)28/h3,5-6,13-14,17H,4,7-12,15-16H2,1-2H3,(H,29,30,31). The van der Waals surface area contributed by atoms with E-state index >= 15 is 0 Å². The molecular weight excluding hydrogens is 469 g/mol. The number of hydrogen-bond donors (Lipinski definition) is 1. The molecule has 2 aromatic carbocycles. The Hall–Kier alpha value is -2.68. The van der Waals surface area contributed by atoms with Crippen molar-refractivity contribution in [2.75, 3.05) is 58.8 Å². The summed E-state index contributed by atoms with van der Waals surface area (Å²) in [5.41, 5.74) is 1.40. The SMILES string of the molecule is COc1cc2ncnc(Nc3cccc(Cl)c3F)c2cc1OCCCN1CCC2(CCN(C)C2)C1. The topological polar surface area (TPSA) is 62.8 Å². The fourth-order valence-corrected chi connectivity index (χ4v) is 5.52. The van der Waals surface area contributed by atoms with Crippen LogP contribution in [0.5, 0.6) is 11.5 Å². The molecule has 2 aliphatic rings. The lowest BCUT2D eigenvalue weighted by Gasteiger charge is -2.24. The Balaban J connectivity index is 1.26. The number of ether oxygens (including phenoxy) is 2. The number of methoxy groups -OCH3 is 1. The van der Waals surface area contributed by atoms with Gasteiger partial charge in [-0.05, 0) is 63.0 Å². The number of nitrogens with zero attached hydrogens (tertiary/aromatic N) is 4. The third kappa shape index (κ3) is 5.15. The van der Waals surface area contributed by atoms with Gasteiger partial charge in [0.05, 0.1) is 29.9 Å². The van der Waals surface area contributed by atoms with Crippen LogP contribution in [0.4, 0.5) is 15.9 Å². The van der Waals surface area contributed by atoms with Gasteiger partial charge < -0.3 is 24.6 Å². The number of nitrogens with one attached hydrogen (secondary N) is 1. The van der Waals surface area contributed by atoms with Crippen LogP contribution >= 0.6 is 11.6 Å². The van der Waals surface area contributed by atoms with E-state index in [1.165, 1.54) is 51.4 Å². The summed E-state index contributed by atoms with van der Waals surface area (Å²) in [4.78, 5) is 13.7. The van der Waals surface area contributed by atoms with Gasteiger partial charge in [-0.25, -0.2) is 14.4 Å². The number of hydrogen-bond acceptors (Lipinski definition) is 7. The van der Waals surface area contributed by atoms with Gasteiger partial charge >= 0.3 is 0 Å². The fourth-order valence-electron chi connectivity index (χ4n) is 5.34. The molecule has 7 nitrogen and oxygen atoms in total. The molecule has 3 heterocycles. The first kappa shape index (κ1) is 24.0. The molecule has 1 unspecified atom stereocenters. The average Bonchev–Trinajstić information content (AvgIpc) is 3.43. The zero-order valence-electron chi connectivity index (χ0n) is 20.2. The molecule has 1 N–H and O–H groups in total. The van der Waals surface area contributed by atoms with Crippen molar-refractivity contribution in [2.24, 2.45) is 5.41 Å². The summed E-state index contributed by atoms with van der Waals surface area (Å²) in [6.07, 6.45) is 4.96. The van der Waals surface area contributed by atoms with Gasteiger partial charge in [0.25, 0.3) is 0 Å². The summed E-state index contributed by atoms with van der Waals surface area (Å²) in [5.74, 6) is 1.15. The van der Waals surface area contributed by atoms with E-state index < -0.39 is 5.82 Å². The van der Waals surface area contributed by atoms with Crippen LogP contribution in [0.25, 0.3) is 10.9 Å². The fraction of sp³-hybridized carbons (Fsp3) is 0.462. The number of fused-ring (bicyclic) bond motifs is 1. The van der Waals surface area contributed by atoms with Gasteiger partial charge in [0.2, 0.25) is 0 Å². The Bertz CT molecular complexity index is 1210. The summed E-state index contributed by atoms with van der Waals surface area (Å²) >= 11 is 5.93. The van der Waals surface area contributed by atoms with Crippen LogP contribution in [-0.2, 0) is 0 Å². The Kier molecular flexibility index (Phi) is 6.95. The average molecular weight is 500 g/mol. The van der Waals surface area contributed by atoms with E-state index in [1.807, 2.05) is 12.1 Å². The first-order chi connectivity index (χ1) is 17.0. The van der Waals surface area contributed by atoms with Crippen molar-refractivity contribution in [1.82, 2.24) is 19.8 Å². The molecule has 186 valence electrons. The molecule has 35 heavy (non-hydrogen) atoms. The first-order valence-corrected chi connectivity index (χ1v) is 12.4. The lowest BCUT2D eigenvalue weighted by atomic mass is 9.86. The molecule has 3 aromatic rings. The molecule has 0 bridgehead atoms. The molecule has 0 aliphatic carbocycles. The van der Waals surface area contributed by atoms with Crippen molar-refractivity contribution in [3.63, 3.8) is 0 Å². The van der Waals surface area contributed by atoms with E-state index in [2.05, 4.69) is 32.1 Å². The maximum Gasteiger partial charge on any atom is 0.165 e. The van der Waals surface area contributed by atoms with Gasteiger partial charge in [0, 0.05) is 31.1 Å². The smallest absolute Gasteiger partial charge is 0.165 e. The molecule has 0 amide bonds. The minimum atomic E-state index is -0.529. The Morgan fingerprint density at radius 2 is 2.00 bits per heavy atom. The van der Waals surface area contributed by atoms with Gasteiger partial charge in [-0.2, -0.15) is 0 Å². The number of aromatic nitrogens is 2. The highest BCUT2D eigenvalue weighted by Gasteiger charge is 2.41. The number of likely N-dealkylation sites (tertiary alicyclic amines) is 2. The van der Waals surface area contributed by atoms with E-state index in [0.29, 0.717) is 40.2 Å². The second-order valence-electron chi connectivity index (χ2n) is 9.68. The van der Waals surface area contributed by atoms with Crippen LogP contribution in [0, 0.1) is 11.2 Å². The Morgan fingerprint density at radius 3 is 2.80 bits per heavy atom. The van der Waals surface area contributed by atoms with Crippen molar-refractivity contribution in [3.8, 4) is 11.5 Å². The van der Waals surface area contributed by atoms with E-state index in [4.69, 9.17) is 21.1 Å². The zero-order valence-corrected chi connectivity index (χ0v) is 20.9. The summed E-state index contributed by atoms with van der Waals surface area (Å²) < 4.78 is 26.1.